The average Bonchev–Trinajstić information content (AvgIpc) is 2.76. The van der Waals surface area contributed by atoms with Gasteiger partial charge in [0.1, 0.15) is 12.0 Å². The summed E-state index contributed by atoms with van der Waals surface area (Å²) in [5.41, 5.74) is -0.145. The number of halogens is 3. The van der Waals surface area contributed by atoms with Crippen molar-refractivity contribution in [3.05, 3.63) is 23.6 Å². The smallest absolute Gasteiger partial charge is 0.412 e. The Balaban J connectivity index is 2.06. The van der Waals surface area contributed by atoms with E-state index in [4.69, 9.17) is 9.52 Å². The van der Waals surface area contributed by atoms with Gasteiger partial charge in [-0.15, -0.1) is 0 Å². The Morgan fingerprint density at radius 2 is 2.24 bits per heavy atom. The third kappa shape index (κ3) is 2.60. The van der Waals surface area contributed by atoms with Gasteiger partial charge in [0, 0.05) is 18.7 Å². The number of rotatable bonds is 2. The van der Waals surface area contributed by atoms with Crippen molar-refractivity contribution >= 4 is 6.01 Å². The van der Waals surface area contributed by atoms with Crippen molar-refractivity contribution in [3.63, 3.8) is 0 Å². The van der Waals surface area contributed by atoms with E-state index in [1.54, 1.807) is 4.90 Å². The lowest BCUT2D eigenvalue weighted by atomic mass is 10.1. The van der Waals surface area contributed by atoms with Crippen LogP contribution in [0.15, 0.2) is 22.3 Å². The summed E-state index contributed by atoms with van der Waals surface area (Å²) in [4.78, 5) is 5.53. The molecule has 1 aromatic heterocycles. The fourth-order valence-corrected chi connectivity index (χ4v) is 1.61. The quantitative estimate of drug-likeness (QED) is 0.812. The number of oxazole rings is 1. The number of aliphatic hydroxyl groups is 1. The van der Waals surface area contributed by atoms with Gasteiger partial charge in [0.2, 0.25) is 0 Å². The number of anilines is 1. The summed E-state index contributed by atoms with van der Waals surface area (Å²) in [7, 11) is 0. The van der Waals surface area contributed by atoms with Gasteiger partial charge in [-0.25, -0.2) is 0 Å². The molecule has 0 aromatic carbocycles. The number of aliphatic hydroxyl groups excluding tert-OH is 1. The molecule has 1 N–H and O–H groups in total. The molecule has 0 saturated heterocycles. The van der Waals surface area contributed by atoms with Crippen LogP contribution in [0.4, 0.5) is 19.2 Å². The molecule has 1 aliphatic heterocycles. The summed E-state index contributed by atoms with van der Waals surface area (Å²) in [5.74, 6) is 0. The molecule has 0 amide bonds. The van der Waals surface area contributed by atoms with E-state index in [-0.39, 0.29) is 32.1 Å². The fourth-order valence-electron chi connectivity index (χ4n) is 1.61. The molecule has 1 aliphatic rings. The van der Waals surface area contributed by atoms with Crippen LogP contribution < -0.4 is 4.90 Å². The molecule has 17 heavy (non-hydrogen) atoms. The van der Waals surface area contributed by atoms with Crippen molar-refractivity contribution in [2.45, 2.75) is 19.2 Å². The van der Waals surface area contributed by atoms with Crippen LogP contribution in [0.25, 0.3) is 0 Å². The van der Waals surface area contributed by atoms with E-state index in [2.05, 4.69) is 4.98 Å². The molecule has 0 aliphatic carbocycles. The average molecular weight is 248 g/mol. The predicted molar refractivity (Wildman–Crippen MR) is 53.4 cm³/mol. The molecule has 0 atom stereocenters. The number of hydrogen-bond acceptors (Lipinski definition) is 4. The highest BCUT2D eigenvalue weighted by Gasteiger charge is 2.35. The predicted octanol–water partition coefficient (Wildman–Crippen LogP) is 1.87. The van der Waals surface area contributed by atoms with Gasteiger partial charge in [-0.2, -0.15) is 18.2 Å². The SMILES string of the molecule is OCc1coc(N2CC=C(C(F)(F)F)CC2)n1. The Bertz CT molecular complexity index is 425. The standard InChI is InChI=1S/C10H11F3N2O2/c11-10(12,13)7-1-3-15(4-2-7)9-14-8(5-16)6-17-9/h1,6,16H,2-5H2. The zero-order valence-electron chi connectivity index (χ0n) is 8.87. The highest BCUT2D eigenvalue weighted by atomic mass is 19.4. The zero-order valence-corrected chi connectivity index (χ0v) is 8.87. The summed E-state index contributed by atoms with van der Waals surface area (Å²) in [6, 6.07) is 0.242. The second-order valence-corrected chi connectivity index (χ2v) is 3.70. The van der Waals surface area contributed by atoms with Crippen LogP contribution in [0, 0.1) is 0 Å². The molecule has 0 fully saturated rings. The van der Waals surface area contributed by atoms with Crippen LogP contribution in [-0.4, -0.2) is 29.4 Å². The molecule has 94 valence electrons. The highest BCUT2D eigenvalue weighted by Crippen LogP contribution is 2.31. The first kappa shape index (κ1) is 12.0. The van der Waals surface area contributed by atoms with Crippen molar-refractivity contribution in [3.8, 4) is 0 Å². The van der Waals surface area contributed by atoms with Gasteiger partial charge in [0.15, 0.2) is 0 Å². The van der Waals surface area contributed by atoms with Crippen LogP contribution in [-0.2, 0) is 6.61 Å². The highest BCUT2D eigenvalue weighted by molar-refractivity contribution is 5.33. The summed E-state index contributed by atoms with van der Waals surface area (Å²) < 4.78 is 42.2. The van der Waals surface area contributed by atoms with Gasteiger partial charge in [0.05, 0.1) is 6.61 Å². The van der Waals surface area contributed by atoms with Crippen LogP contribution in [0.3, 0.4) is 0 Å². The van der Waals surface area contributed by atoms with Crippen LogP contribution >= 0.6 is 0 Å². The van der Waals surface area contributed by atoms with Crippen molar-refractivity contribution in [1.82, 2.24) is 4.98 Å². The first-order valence-corrected chi connectivity index (χ1v) is 5.07. The summed E-state index contributed by atoms with van der Waals surface area (Å²) in [5, 5.41) is 8.80. The maximum atomic E-state index is 12.4. The monoisotopic (exact) mass is 248 g/mol. The Hall–Kier alpha value is -1.50. The fraction of sp³-hybridized carbons (Fsp3) is 0.500. The van der Waals surface area contributed by atoms with Crippen LogP contribution in [0.5, 0.6) is 0 Å². The molecule has 0 bridgehead atoms. The molecule has 4 nitrogen and oxygen atoms in total. The topological polar surface area (TPSA) is 49.5 Å². The van der Waals surface area contributed by atoms with Crippen LogP contribution in [0.1, 0.15) is 12.1 Å². The van der Waals surface area contributed by atoms with Crippen molar-refractivity contribution in [2.75, 3.05) is 18.0 Å². The maximum absolute atomic E-state index is 12.4. The minimum atomic E-state index is -4.25. The van der Waals surface area contributed by atoms with Crippen LogP contribution in [0.2, 0.25) is 0 Å². The van der Waals surface area contributed by atoms with E-state index in [0.29, 0.717) is 5.69 Å². The number of hydrogen-bond donors (Lipinski definition) is 1. The molecule has 1 aromatic rings. The normalized spacial score (nSPS) is 17.2. The van der Waals surface area contributed by atoms with E-state index in [1.165, 1.54) is 6.26 Å². The Kier molecular flexibility index (Phi) is 3.10. The van der Waals surface area contributed by atoms with Crippen molar-refractivity contribution in [2.24, 2.45) is 0 Å². The maximum Gasteiger partial charge on any atom is 0.412 e. The Morgan fingerprint density at radius 1 is 1.47 bits per heavy atom. The van der Waals surface area contributed by atoms with E-state index >= 15 is 0 Å². The van der Waals surface area contributed by atoms with E-state index in [1.807, 2.05) is 0 Å². The molecule has 7 heteroatoms. The number of nitrogens with zero attached hydrogens (tertiary/aromatic N) is 2. The van der Waals surface area contributed by atoms with Gasteiger partial charge in [-0.05, 0) is 6.42 Å². The molecule has 2 rings (SSSR count). The molecule has 2 heterocycles. The lowest BCUT2D eigenvalue weighted by Gasteiger charge is -2.25. The largest absolute Gasteiger partial charge is 0.432 e. The third-order valence-electron chi connectivity index (χ3n) is 2.55. The van der Waals surface area contributed by atoms with E-state index < -0.39 is 11.7 Å². The second-order valence-electron chi connectivity index (χ2n) is 3.70. The van der Waals surface area contributed by atoms with Gasteiger partial charge in [-0.1, -0.05) is 6.08 Å². The Labute approximate surface area is 95.4 Å². The summed E-state index contributed by atoms with van der Waals surface area (Å²) >= 11 is 0. The second kappa shape index (κ2) is 4.40. The first-order valence-electron chi connectivity index (χ1n) is 5.07. The van der Waals surface area contributed by atoms with Gasteiger partial charge in [0.25, 0.3) is 6.01 Å². The van der Waals surface area contributed by atoms with E-state index in [9.17, 15) is 13.2 Å². The molecule has 0 unspecified atom stereocenters. The van der Waals surface area contributed by atoms with Gasteiger partial charge in [-0.3, -0.25) is 0 Å². The summed E-state index contributed by atoms with van der Waals surface area (Å²) in [6.45, 7) is 0.0674. The molecule has 0 radical (unpaired) electrons. The Morgan fingerprint density at radius 3 is 2.71 bits per heavy atom. The zero-order chi connectivity index (χ0) is 12.5. The minimum absolute atomic E-state index is 0.0830. The van der Waals surface area contributed by atoms with E-state index in [0.717, 1.165) is 6.08 Å². The number of aromatic nitrogens is 1. The van der Waals surface area contributed by atoms with Crippen molar-refractivity contribution < 1.29 is 22.7 Å². The number of alkyl halides is 3. The molecule has 0 spiro atoms. The van der Waals surface area contributed by atoms with Crippen molar-refractivity contribution in [1.29, 1.82) is 0 Å². The lowest BCUT2D eigenvalue weighted by Crippen LogP contribution is -2.32. The third-order valence-corrected chi connectivity index (χ3v) is 2.55. The van der Waals surface area contributed by atoms with Gasteiger partial charge >= 0.3 is 6.18 Å². The molecular weight excluding hydrogens is 237 g/mol. The summed E-state index contributed by atoms with van der Waals surface area (Å²) in [6.07, 6.45) is -1.91. The minimum Gasteiger partial charge on any atom is -0.432 e. The van der Waals surface area contributed by atoms with Gasteiger partial charge < -0.3 is 14.4 Å². The lowest BCUT2D eigenvalue weighted by molar-refractivity contribution is -0.0944. The molecule has 0 saturated carbocycles. The first-order chi connectivity index (χ1) is 8.00. The molecular formula is C10H11F3N2O2.